The van der Waals surface area contributed by atoms with Gasteiger partial charge >= 0.3 is 0 Å². The van der Waals surface area contributed by atoms with Crippen molar-refractivity contribution >= 4 is 45.0 Å². The molecule has 0 aliphatic heterocycles. The van der Waals surface area contributed by atoms with E-state index < -0.39 is 10.8 Å². The zero-order chi connectivity index (χ0) is 19.0. The van der Waals surface area contributed by atoms with Gasteiger partial charge in [0.15, 0.2) is 0 Å². The van der Waals surface area contributed by atoms with Gasteiger partial charge in [-0.15, -0.1) is 0 Å². The minimum Gasteiger partial charge on any atom is -0.464 e. The van der Waals surface area contributed by atoms with Crippen molar-refractivity contribution in [3.05, 3.63) is 63.9 Å². The number of anilines is 1. The van der Waals surface area contributed by atoms with Crippen LogP contribution in [0.3, 0.4) is 0 Å². The molecule has 0 radical (unpaired) electrons. The Morgan fingerprint density at radius 3 is 2.78 bits per heavy atom. The summed E-state index contributed by atoms with van der Waals surface area (Å²) >= 11 is 6.21. The molecule has 1 aliphatic rings. The summed E-state index contributed by atoms with van der Waals surface area (Å²) in [7, 11) is -0.954. The first-order valence-corrected chi connectivity index (χ1v) is 11.0. The molecule has 6 heteroatoms. The van der Waals surface area contributed by atoms with Gasteiger partial charge in [-0.05, 0) is 60.2 Å². The highest BCUT2D eigenvalue weighted by Gasteiger charge is 2.17. The highest BCUT2D eigenvalue weighted by atomic mass is 35.5. The van der Waals surface area contributed by atoms with E-state index in [0.717, 1.165) is 34.9 Å². The van der Waals surface area contributed by atoms with Gasteiger partial charge in [-0.2, -0.15) is 0 Å². The molecule has 0 fully saturated rings. The Hall–Kier alpha value is -2.11. The fraction of sp³-hybridized carbons (Fsp3) is 0.286. The van der Waals surface area contributed by atoms with E-state index >= 15 is 0 Å². The van der Waals surface area contributed by atoms with Crippen molar-refractivity contribution in [2.75, 3.05) is 11.6 Å². The summed E-state index contributed by atoms with van der Waals surface area (Å²) in [6, 6.07) is 9.58. The summed E-state index contributed by atoms with van der Waals surface area (Å²) in [6.07, 6.45) is 6.88. The summed E-state index contributed by atoms with van der Waals surface area (Å²) in [5.41, 5.74) is 5.83. The molecule has 1 aliphatic carbocycles. The number of aryl methyl sites for hydroxylation is 2. The lowest BCUT2D eigenvalue weighted by molar-refractivity contribution is -0.115. The Morgan fingerprint density at radius 2 is 2.00 bits per heavy atom. The van der Waals surface area contributed by atoms with Crippen LogP contribution in [0, 0.1) is 0 Å². The molecule has 0 spiro atoms. The molecule has 0 saturated heterocycles. The molecule has 1 N–H and O–H groups in total. The Labute approximate surface area is 165 Å². The monoisotopic (exact) mass is 401 g/mol. The minimum absolute atomic E-state index is 0.158. The highest BCUT2D eigenvalue weighted by Crippen LogP contribution is 2.31. The Balaban J connectivity index is 1.53. The molecule has 2 aromatic carbocycles. The Bertz CT molecular complexity index is 1060. The van der Waals surface area contributed by atoms with Gasteiger partial charge in [0.25, 0.3) is 0 Å². The van der Waals surface area contributed by atoms with Crippen molar-refractivity contribution in [2.24, 2.45) is 0 Å². The topological polar surface area (TPSA) is 59.3 Å². The molecular formula is C21H20ClNO3S. The van der Waals surface area contributed by atoms with E-state index in [0.29, 0.717) is 16.5 Å². The zero-order valence-corrected chi connectivity index (χ0v) is 16.6. The lowest BCUT2D eigenvalue weighted by atomic mass is 10.0. The molecule has 1 aromatic heterocycles. The molecule has 1 amide bonds. The maximum Gasteiger partial charge on any atom is 0.228 e. The number of nitrogens with one attached hydrogen (secondary N) is 1. The Kier molecular flexibility index (Phi) is 5.06. The molecule has 1 heterocycles. The standard InChI is InChI=1S/C21H20ClNO3S/c1-27(25)12-13-5-6-18(22)19(7-13)23-21(24)10-16-11-26-20-9-15-4-2-3-14(15)8-17(16)20/h5-9,11H,2-4,10,12H2,1H3,(H,23,24). The largest absolute Gasteiger partial charge is 0.464 e. The third-order valence-corrected chi connectivity index (χ3v) is 5.96. The molecule has 140 valence electrons. The van der Waals surface area contributed by atoms with E-state index in [1.807, 2.05) is 6.07 Å². The maximum atomic E-state index is 12.6. The summed E-state index contributed by atoms with van der Waals surface area (Å²) in [5.74, 6) is 0.271. The van der Waals surface area contributed by atoms with Crippen molar-refractivity contribution in [1.29, 1.82) is 0 Å². The normalized spacial score (nSPS) is 14.3. The molecule has 1 unspecified atom stereocenters. The van der Waals surface area contributed by atoms with Gasteiger partial charge in [-0.3, -0.25) is 9.00 Å². The first-order valence-electron chi connectivity index (χ1n) is 8.90. The van der Waals surface area contributed by atoms with Gasteiger partial charge in [0, 0.05) is 33.8 Å². The maximum absolute atomic E-state index is 12.6. The van der Waals surface area contributed by atoms with Crippen LogP contribution in [0.1, 0.15) is 28.7 Å². The van der Waals surface area contributed by atoms with Crippen LogP contribution in [0.2, 0.25) is 5.02 Å². The summed E-state index contributed by atoms with van der Waals surface area (Å²) in [6.45, 7) is 0. The van der Waals surface area contributed by atoms with Gasteiger partial charge < -0.3 is 9.73 Å². The number of hydrogen-bond acceptors (Lipinski definition) is 3. The quantitative estimate of drug-likeness (QED) is 0.677. The van der Waals surface area contributed by atoms with Crippen molar-refractivity contribution in [3.63, 3.8) is 0 Å². The molecule has 27 heavy (non-hydrogen) atoms. The number of amides is 1. The summed E-state index contributed by atoms with van der Waals surface area (Å²) in [5, 5.41) is 4.34. The lowest BCUT2D eigenvalue weighted by Crippen LogP contribution is -2.14. The number of rotatable bonds is 5. The van der Waals surface area contributed by atoms with Crippen LogP contribution in [0.25, 0.3) is 11.0 Å². The first-order chi connectivity index (χ1) is 13.0. The second-order valence-electron chi connectivity index (χ2n) is 6.99. The van der Waals surface area contributed by atoms with Crippen LogP contribution in [0.4, 0.5) is 5.69 Å². The fourth-order valence-electron chi connectivity index (χ4n) is 3.65. The molecule has 4 rings (SSSR count). The third-order valence-electron chi connectivity index (χ3n) is 4.89. The number of carbonyl (C=O) groups excluding carboxylic acids is 1. The molecule has 1 atom stereocenters. The van der Waals surface area contributed by atoms with Crippen molar-refractivity contribution in [2.45, 2.75) is 31.4 Å². The minimum atomic E-state index is -0.954. The van der Waals surface area contributed by atoms with Crippen LogP contribution in [0.15, 0.2) is 41.0 Å². The number of furan rings is 1. The highest BCUT2D eigenvalue weighted by molar-refractivity contribution is 7.83. The van der Waals surface area contributed by atoms with Crippen molar-refractivity contribution in [1.82, 2.24) is 0 Å². The van der Waals surface area contributed by atoms with Gasteiger partial charge in [-0.1, -0.05) is 17.7 Å². The average molecular weight is 402 g/mol. The molecule has 4 nitrogen and oxygen atoms in total. The lowest BCUT2D eigenvalue weighted by Gasteiger charge is -2.09. The van der Waals surface area contributed by atoms with E-state index in [1.54, 1.807) is 24.7 Å². The summed E-state index contributed by atoms with van der Waals surface area (Å²) < 4.78 is 17.1. The van der Waals surface area contributed by atoms with Crippen LogP contribution in [0.5, 0.6) is 0 Å². The van der Waals surface area contributed by atoms with Crippen molar-refractivity contribution < 1.29 is 13.4 Å². The van der Waals surface area contributed by atoms with E-state index in [2.05, 4.69) is 17.4 Å². The number of carbonyl (C=O) groups is 1. The van der Waals surface area contributed by atoms with Crippen molar-refractivity contribution in [3.8, 4) is 0 Å². The van der Waals surface area contributed by atoms with Gasteiger partial charge in [0.1, 0.15) is 5.58 Å². The first kappa shape index (κ1) is 18.3. The van der Waals surface area contributed by atoms with E-state index in [4.69, 9.17) is 16.0 Å². The van der Waals surface area contributed by atoms with Gasteiger partial charge in [0.05, 0.1) is 23.4 Å². The van der Waals surface area contributed by atoms with E-state index in [-0.39, 0.29) is 12.3 Å². The molecule has 0 bridgehead atoms. The van der Waals surface area contributed by atoms with E-state index in [1.165, 1.54) is 17.5 Å². The SMILES string of the molecule is CS(=O)Cc1ccc(Cl)c(NC(=O)Cc2coc3cc4c(cc23)CCC4)c1. The third kappa shape index (κ3) is 3.94. The van der Waals surface area contributed by atoms with Crippen LogP contribution in [-0.4, -0.2) is 16.4 Å². The van der Waals surface area contributed by atoms with Gasteiger partial charge in [-0.25, -0.2) is 0 Å². The second-order valence-corrected chi connectivity index (χ2v) is 8.83. The predicted octanol–water partition coefficient (Wildman–Crippen LogP) is 4.63. The molecule has 0 saturated carbocycles. The van der Waals surface area contributed by atoms with Gasteiger partial charge in [0.2, 0.25) is 5.91 Å². The van der Waals surface area contributed by atoms with Crippen LogP contribution >= 0.6 is 11.6 Å². The zero-order valence-electron chi connectivity index (χ0n) is 15.0. The predicted molar refractivity (Wildman–Crippen MR) is 110 cm³/mol. The second kappa shape index (κ2) is 7.49. The number of hydrogen-bond donors (Lipinski definition) is 1. The Morgan fingerprint density at radius 1 is 1.22 bits per heavy atom. The van der Waals surface area contributed by atoms with Crippen LogP contribution in [-0.2, 0) is 40.6 Å². The molecular weight excluding hydrogens is 382 g/mol. The fourth-order valence-corrected chi connectivity index (χ4v) is 4.46. The van der Waals surface area contributed by atoms with E-state index in [9.17, 15) is 9.00 Å². The number of halogens is 1. The number of benzene rings is 2. The number of fused-ring (bicyclic) bond motifs is 2. The summed E-state index contributed by atoms with van der Waals surface area (Å²) in [4.78, 5) is 12.6. The molecule has 3 aromatic rings. The smallest absolute Gasteiger partial charge is 0.228 e. The van der Waals surface area contributed by atoms with Crippen LogP contribution < -0.4 is 5.32 Å². The average Bonchev–Trinajstić information content (AvgIpc) is 3.22.